The highest BCUT2D eigenvalue weighted by Crippen LogP contribution is 2.26. The number of anilines is 2. The van der Waals surface area contributed by atoms with Crippen molar-refractivity contribution in [2.45, 2.75) is 26.7 Å². The summed E-state index contributed by atoms with van der Waals surface area (Å²) in [5.74, 6) is 1.02. The van der Waals surface area contributed by atoms with Gasteiger partial charge >= 0.3 is 0 Å². The van der Waals surface area contributed by atoms with E-state index in [0.29, 0.717) is 0 Å². The van der Waals surface area contributed by atoms with Gasteiger partial charge in [-0.2, -0.15) is 0 Å². The molecule has 3 aromatic rings. The van der Waals surface area contributed by atoms with Crippen molar-refractivity contribution in [1.82, 2.24) is 10.2 Å². The van der Waals surface area contributed by atoms with E-state index in [2.05, 4.69) is 39.5 Å². The van der Waals surface area contributed by atoms with E-state index in [1.54, 1.807) is 0 Å². The van der Waals surface area contributed by atoms with Gasteiger partial charge in [-0.15, -0.1) is 10.2 Å². The van der Waals surface area contributed by atoms with E-state index in [0.717, 1.165) is 54.3 Å². The Kier molecular flexibility index (Phi) is 5.56. The van der Waals surface area contributed by atoms with Crippen LogP contribution >= 0.6 is 0 Å². The Balaban J connectivity index is 1.36. The normalized spacial score (nSPS) is 14.6. The van der Waals surface area contributed by atoms with Crippen LogP contribution in [0.3, 0.4) is 0 Å². The Morgan fingerprint density at radius 3 is 2.24 bits per heavy atom. The maximum absolute atomic E-state index is 12.6. The first-order valence-corrected chi connectivity index (χ1v) is 10.1. The SMILES string of the molecule is Cc1ccccc1NC(=O)C1CCN(c2ccc(-c3ccccc3C)nn2)CC1. The minimum atomic E-state index is 0.0325. The number of carbonyl (C=O) groups is 1. The molecule has 1 N–H and O–H groups in total. The predicted molar refractivity (Wildman–Crippen MR) is 117 cm³/mol. The monoisotopic (exact) mass is 386 g/mol. The summed E-state index contributed by atoms with van der Waals surface area (Å²) in [6.45, 7) is 5.71. The van der Waals surface area contributed by atoms with Crippen LogP contribution in [0.25, 0.3) is 11.3 Å². The number of rotatable bonds is 4. The molecule has 2 heterocycles. The van der Waals surface area contributed by atoms with Gasteiger partial charge in [-0.05, 0) is 56.0 Å². The summed E-state index contributed by atoms with van der Waals surface area (Å²) in [5.41, 5.74) is 5.17. The van der Waals surface area contributed by atoms with Gasteiger partial charge in [0.25, 0.3) is 0 Å². The molecule has 1 aliphatic heterocycles. The molecule has 1 amide bonds. The molecule has 5 nitrogen and oxygen atoms in total. The zero-order chi connectivity index (χ0) is 20.2. The van der Waals surface area contributed by atoms with Crippen LogP contribution < -0.4 is 10.2 Å². The maximum atomic E-state index is 12.6. The average molecular weight is 386 g/mol. The molecule has 2 aromatic carbocycles. The number of piperidine rings is 1. The van der Waals surface area contributed by atoms with E-state index < -0.39 is 0 Å². The van der Waals surface area contributed by atoms with Crippen molar-refractivity contribution in [2.24, 2.45) is 5.92 Å². The number of nitrogens with one attached hydrogen (secondary N) is 1. The number of nitrogens with zero attached hydrogens (tertiary/aromatic N) is 3. The lowest BCUT2D eigenvalue weighted by atomic mass is 9.95. The van der Waals surface area contributed by atoms with Gasteiger partial charge in [-0.3, -0.25) is 4.79 Å². The molecule has 0 aliphatic carbocycles. The molecule has 0 atom stereocenters. The number of hydrogen-bond donors (Lipinski definition) is 1. The van der Waals surface area contributed by atoms with Crippen LogP contribution in [-0.4, -0.2) is 29.2 Å². The smallest absolute Gasteiger partial charge is 0.227 e. The van der Waals surface area contributed by atoms with E-state index >= 15 is 0 Å². The van der Waals surface area contributed by atoms with Crippen LogP contribution in [0.15, 0.2) is 60.7 Å². The topological polar surface area (TPSA) is 58.1 Å². The molecule has 5 heteroatoms. The largest absolute Gasteiger partial charge is 0.355 e. The summed E-state index contributed by atoms with van der Waals surface area (Å²) in [6.07, 6.45) is 1.64. The van der Waals surface area contributed by atoms with Gasteiger partial charge in [-0.25, -0.2) is 0 Å². The molecule has 29 heavy (non-hydrogen) atoms. The van der Waals surface area contributed by atoms with E-state index in [1.807, 2.05) is 55.5 Å². The number of carbonyl (C=O) groups excluding carboxylic acids is 1. The lowest BCUT2D eigenvalue weighted by Gasteiger charge is -2.32. The van der Waals surface area contributed by atoms with Gasteiger partial charge in [0.1, 0.15) is 0 Å². The number of aryl methyl sites for hydroxylation is 2. The van der Waals surface area contributed by atoms with E-state index in [-0.39, 0.29) is 11.8 Å². The number of aromatic nitrogens is 2. The Morgan fingerprint density at radius 2 is 1.59 bits per heavy atom. The lowest BCUT2D eigenvalue weighted by Crippen LogP contribution is -2.38. The molecule has 0 saturated carbocycles. The summed E-state index contributed by atoms with van der Waals surface area (Å²) in [4.78, 5) is 14.9. The number of benzene rings is 2. The third kappa shape index (κ3) is 4.29. The fourth-order valence-corrected chi connectivity index (χ4v) is 3.82. The third-order valence-corrected chi connectivity index (χ3v) is 5.66. The van der Waals surface area contributed by atoms with E-state index in [9.17, 15) is 4.79 Å². The molecule has 0 spiro atoms. The molecule has 148 valence electrons. The van der Waals surface area contributed by atoms with Gasteiger partial charge in [0.15, 0.2) is 5.82 Å². The van der Waals surface area contributed by atoms with Crippen LogP contribution in [-0.2, 0) is 4.79 Å². The molecule has 1 aromatic heterocycles. The van der Waals surface area contributed by atoms with Crippen LogP contribution in [0.4, 0.5) is 11.5 Å². The number of hydrogen-bond acceptors (Lipinski definition) is 4. The molecule has 4 rings (SSSR count). The second kappa shape index (κ2) is 8.43. The van der Waals surface area contributed by atoms with Crippen LogP contribution in [0.5, 0.6) is 0 Å². The first kappa shape index (κ1) is 19.1. The molecule has 0 bridgehead atoms. The summed E-state index contributed by atoms with van der Waals surface area (Å²) in [7, 11) is 0. The van der Waals surface area contributed by atoms with Crippen molar-refractivity contribution in [1.29, 1.82) is 0 Å². The minimum Gasteiger partial charge on any atom is -0.355 e. The van der Waals surface area contributed by atoms with Gasteiger partial charge in [-0.1, -0.05) is 42.5 Å². The minimum absolute atomic E-state index is 0.0325. The zero-order valence-corrected chi connectivity index (χ0v) is 16.9. The second-order valence-corrected chi connectivity index (χ2v) is 7.66. The zero-order valence-electron chi connectivity index (χ0n) is 16.9. The standard InChI is InChI=1S/C24H26N4O/c1-17-7-3-5-9-20(17)22-11-12-23(27-26-22)28-15-13-19(14-16-28)24(29)25-21-10-6-4-8-18(21)2/h3-12,19H,13-16H2,1-2H3,(H,25,29). The van der Waals surface area contributed by atoms with Crippen LogP contribution in [0.1, 0.15) is 24.0 Å². The van der Waals surface area contributed by atoms with E-state index in [4.69, 9.17) is 0 Å². The van der Waals surface area contributed by atoms with Crippen molar-refractivity contribution in [3.05, 3.63) is 71.8 Å². The van der Waals surface area contributed by atoms with E-state index in [1.165, 1.54) is 5.56 Å². The van der Waals surface area contributed by atoms with Crippen molar-refractivity contribution < 1.29 is 4.79 Å². The Morgan fingerprint density at radius 1 is 0.897 bits per heavy atom. The van der Waals surface area contributed by atoms with Crippen molar-refractivity contribution in [3.8, 4) is 11.3 Å². The highest BCUT2D eigenvalue weighted by atomic mass is 16.1. The first-order valence-electron chi connectivity index (χ1n) is 10.1. The molecule has 1 saturated heterocycles. The fraction of sp³-hybridized carbons (Fsp3) is 0.292. The van der Waals surface area contributed by atoms with Gasteiger partial charge < -0.3 is 10.2 Å². The average Bonchev–Trinajstić information content (AvgIpc) is 2.76. The lowest BCUT2D eigenvalue weighted by molar-refractivity contribution is -0.120. The summed E-state index contributed by atoms with van der Waals surface area (Å²) >= 11 is 0. The second-order valence-electron chi connectivity index (χ2n) is 7.66. The number of para-hydroxylation sites is 1. The fourth-order valence-electron chi connectivity index (χ4n) is 3.82. The Labute approximate surface area is 171 Å². The molecule has 1 aliphatic rings. The molecule has 0 unspecified atom stereocenters. The quantitative estimate of drug-likeness (QED) is 0.711. The number of amides is 1. The Bertz CT molecular complexity index is 992. The van der Waals surface area contributed by atoms with Crippen molar-refractivity contribution in [2.75, 3.05) is 23.3 Å². The van der Waals surface area contributed by atoms with Gasteiger partial charge in [0.05, 0.1) is 5.69 Å². The highest BCUT2D eigenvalue weighted by molar-refractivity contribution is 5.93. The third-order valence-electron chi connectivity index (χ3n) is 5.66. The Hall–Kier alpha value is -3.21. The predicted octanol–water partition coefficient (Wildman–Crippen LogP) is 4.62. The maximum Gasteiger partial charge on any atom is 0.227 e. The van der Waals surface area contributed by atoms with Crippen molar-refractivity contribution >= 4 is 17.4 Å². The molecular weight excluding hydrogens is 360 g/mol. The van der Waals surface area contributed by atoms with Crippen LogP contribution in [0, 0.1) is 19.8 Å². The van der Waals surface area contributed by atoms with Crippen LogP contribution in [0.2, 0.25) is 0 Å². The highest BCUT2D eigenvalue weighted by Gasteiger charge is 2.26. The van der Waals surface area contributed by atoms with Gasteiger partial charge in [0.2, 0.25) is 5.91 Å². The summed E-state index contributed by atoms with van der Waals surface area (Å²) in [5, 5.41) is 12.0. The first-order chi connectivity index (χ1) is 14.1. The molecule has 0 radical (unpaired) electrons. The molecule has 1 fully saturated rings. The van der Waals surface area contributed by atoms with Gasteiger partial charge in [0, 0.05) is 30.3 Å². The van der Waals surface area contributed by atoms with Crippen molar-refractivity contribution in [3.63, 3.8) is 0 Å². The summed E-state index contributed by atoms with van der Waals surface area (Å²) < 4.78 is 0. The molecular formula is C24H26N4O. The summed E-state index contributed by atoms with van der Waals surface area (Å²) in [6, 6.07) is 20.1.